The zero-order valence-electron chi connectivity index (χ0n) is 9.26. The second-order valence-corrected chi connectivity index (χ2v) is 3.94. The molecular weight excluding hydrogens is 198 g/mol. The number of carbonyl (C=O) groups is 1. The zero-order valence-corrected chi connectivity index (χ0v) is 9.26. The van der Waals surface area contributed by atoms with Gasteiger partial charge in [-0.2, -0.15) is 0 Å². The van der Waals surface area contributed by atoms with Crippen molar-refractivity contribution in [2.75, 3.05) is 0 Å². The van der Waals surface area contributed by atoms with E-state index in [9.17, 15) is 4.79 Å². The third kappa shape index (κ3) is 2.40. The standard InChI is InChI=1S/C14H15NO/c1-11(12-7-3-2-4-8-12)15-14(16)13-9-5-6-10-13/h2-11,13H,1H3,(H,15,16)/t11-/m0/s1. The maximum absolute atomic E-state index is 11.8. The number of rotatable bonds is 3. The van der Waals surface area contributed by atoms with Crippen LogP contribution in [0.2, 0.25) is 0 Å². The molecule has 0 aromatic heterocycles. The van der Waals surface area contributed by atoms with Gasteiger partial charge >= 0.3 is 0 Å². The summed E-state index contributed by atoms with van der Waals surface area (Å²) in [6.07, 6.45) is 7.59. The van der Waals surface area contributed by atoms with Gasteiger partial charge in [-0.15, -0.1) is 0 Å². The first-order valence-corrected chi connectivity index (χ1v) is 5.47. The van der Waals surface area contributed by atoms with Gasteiger partial charge in [-0.25, -0.2) is 0 Å². The van der Waals surface area contributed by atoms with E-state index in [1.54, 1.807) is 0 Å². The first kappa shape index (κ1) is 10.7. The second-order valence-electron chi connectivity index (χ2n) is 3.94. The monoisotopic (exact) mass is 213 g/mol. The lowest BCUT2D eigenvalue weighted by Crippen LogP contribution is -2.30. The summed E-state index contributed by atoms with van der Waals surface area (Å²) >= 11 is 0. The van der Waals surface area contributed by atoms with Crippen LogP contribution in [0.5, 0.6) is 0 Å². The number of hydrogen-bond donors (Lipinski definition) is 1. The topological polar surface area (TPSA) is 29.1 Å². The SMILES string of the molecule is C[C@H](NC(=O)C1C=CC=C1)c1ccccc1. The number of nitrogens with one attached hydrogen (secondary N) is 1. The smallest absolute Gasteiger partial charge is 0.231 e. The van der Waals surface area contributed by atoms with Crippen molar-refractivity contribution in [2.45, 2.75) is 13.0 Å². The minimum absolute atomic E-state index is 0.0519. The van der Waals surface area contributed by atoms with E-state index in [0.29, 0.717) is 0 Å². The van der Waals surface area contributed by atoms with Crippen molar-refractivity contribution in [3.8, 4) is 0 Å². The predicted octanol–water partition coefficient (Wildman–Crippen LogP) is 2.61. The lowest BCUT2D eigenvalue weighted by molar-refractivity contribution is -0.123. The summed E-state index contributed by atoms with van der Waals surface area (Å²) in [5.74, 6) is -0.0486. The molecule has 1 amide bonds. The average molecular weight is 213 g/mol. The van der Waals surface area contributed by atoms with E-state index in [1.807, 2.05) is 61.6 Å². The van der Waals surface area contributed by atoms with Crippen LogP contribution in [0.25, 0.3) is 0 Å². The van der Waals surface area contributed by atoms with Crippen LogP contribution in [-0.2, 0) is 4.79 Å². The van der Waals surface area contributed by atoms with Crippen molar-refractivity contribution in [2.24, 2.45) is 5.92 Å². The molecule has 2 rings (SSSR count). The fraction of sp³-hybridized carbons (Fsp3) is 0.214. The summed E-state index contributed by atoms with van der Waals surface area (Å²) < 4.78 is 0. The molecule has 1 aliphatic carbocycles. The van der Waals surface area contributed by atoms with Gasteiger partial charge in [0.15, 0.2) is 0 Å². The molecule has 1 aromatic rings. The van der Waals surface area contributed by atoms with E-state index < -0.39 is 0 Å². The van der Waals surface area contributed by atoms with E-state index in [2.05, 4.69) is 5.32 Å². The molecular formula is C14H15NO. The Morgan fingerprint density at radius 2 is 1.81 bits per heavy atom. The molecule has 82 valence electrons. The highest BCUT2D eigenvalue weighted by Crippen LogP contribution is 2.14. The molecule has 0 spiro atoms. The minimum atomic E-state index is -0.105. The third-order valence-electron chi connectivity index (χ3n) is 2.71. The molecule has 16 heavy (non-hydrogen) atoms. The predicted molar refractivity (Wildman–Crippen MR) is 64.8 cm³/mol. The average Bonchev–Trinajstić information content (AvgIpc) is 2.83. The van der Waals surface area contributed by atoms with Gasteiger partial charge in [-0.3, -0.25) is 4.79 Å². The molecule has 1 N–H and O–H groups in total. The molecule has 1 aromatic carbocycles. The van der Waals surface area contributed by atoms with Gasteiger partial charge in [0.1, 0.15) is 0 Å². The van der Waals surface area contributed by atoms with Crippen molar-refractivity contribution in [1.82, 2.24) is 5.32 Å². The van der Waals surface area contributed by atoms with E-state index >= 15 is 0 Å². The van der Waals surface area contributed by atoms with E-state index in [0.717, 1.165) is 5.56 Å². The van der Waals surface area contributed by atoms with Gasteiger partial charge in [0.2, 0.25) is 5.91 Å². The number of hydrogen-bond acceptors (Lipinski definition) is 1. The quantitative estimate of drug-likeness (QED) is 0.821. The lowest BCUT2D eigenvalue weighted by atomic mass is 10.1. The highest BCUT2D eigenvalue weighted by atomic mass is 16.1. The Morgan fingerprint density at radius 3 is 2.44 bits per heavy atom. The van der Waals surface area contributed by atoms with E-state index in [1.165, 1.54) is 0 Å². The van der Waals surface area contributed by atoms with Crippen LogP contribution in [0.4, 0.5) is 0 Å². The van der Waals surface area contributed by atoms with E-state index in [-0.39, 0.29) is 17.9 Å². The van der Waals surface area contributed by atoms with Crippen LogP contribution in [-0.4, -0.2) is 5.91 Å². The van der Waals surface area contributed by atoms with Crippen molar-refractivity contribution in [1.29, 1.82) is 0 Å². The lowest BCUT2D eigenvalue weighted by Gasteiger charge is -2.15. The molecule has 0 radical (unpaired) electrons. The first-order valence-electron chi connectivity index (χ1n) is 5.47. The number of benzene rings is 1. The number of carbonyl (C=O) groups excluding carboxylic acids is 1. The van der Waals surface area contributed by atoms with Crippen molar-refractivity contribution < 1.29 is 4.79 Å². The van der Waals surface area contributed by atoms with Crippen molar-refractivity contribution in [3.05, 3.63) is 60.2 Å². The molecule has 1 atom stereocenters. The van der Waals surface area contributed by atoms with Gasteiger partial charge < -0.3 is 5.32 Å². The normalized spacial score (nSPS) is 16.3. The molecule has 2 heteroatoms. The van der Waals surface area contributed by atoms with Crippen LogP contribution in [0.3, 0.4) is 0 Å². The molecule has 0 saturated carbocycles. The maximum atomic E-state index is 11.8. The Balaban J connectivity index is 1.97. The molecule has 0 fully saturated rings. The van der Waals surface area contributed by atoms with Gasteiger partial charge in [-0.05, 0) is 12.5 Å². The summed E-state index contributed by atoms with van der Waals surface area (Å²) in [5.41, 5.74) is 1.13. The van der Waals surface area contributed by atoms with Crippen LogP contribution in [0.15, 0.2) is 54.6 Å². The molecule has 1 aliphatic rings. The van der Waals surface area contributed by atoms with Crippen molar-refractivity contribution >= 4 is 5.91 Å². The summed E-state index contributed by atoms with van der Waals surface area (Å²) in [4.78, 5) is 11.8. The van der Waals surface area contributed by atoms with Gasteiger partial charge in [0.05, 0.1) is 12.0 Å². The van der Waals surface area contributed by atoms with Gasteiger partial charge in [0, 0.05) is 0 Å². The van der Waals surface area contributed by atoms with E-state index in [4.69, 9.17) is 0 Å². The second kappa shape index (κ2) is 4.79. The highest BCUT2D eigenvalue weighted by Gasteiger charge is 2.16. The third-order valence-corrected chi connectivity index (χ3v) is 2.71. The number of allylic oxidation sites excluding steroid dienone is 2. The molecule has 0 aliphatic heterocycles. The summed E-state index contributed by atoms with van der Waals surface area (Å²) in [6, 6.07) is 10.0. The molecule has 0 unspecified atom stereocenters. The highest BCUT2D eigenvalue weighted by molar-refractivity contribution is 5.83. The molecule has 0 saturated heterocycles. The summed E-state index contributed by atoms with van der Waals surface area (Å²) in [6.45, 7) is 2.00. The minimum Gasteiger partial charge on any atom is -0.349 e. The van der Waals surface area contributed by atoms with Crippen LogP contribution in [0, 0.1) is 5.92 Å². The number of amides is 1. The van der Waals surface area contributed by atoms with Gasteiger partial charge in [-0.1, -0.05) is 54.6 Å². The fourth-order valence-electron chi connectivity index (χ4n) is 1.74. The molecule has 0 heterocycles. The fourth-order valence-corrected chi connectivity index (χ4v) is 1.74. The molecule has 2 nitrogen and oxygen atoms in total. The molecule has 0 bridgehead atoms. The van der Waals surface area contributed by atoms with Crippen LogP contribution in [0.1, 0.15) is 18.5 Å². The van der Waals surface area contributed by atoms with Crippen LogP contribution < -0.4 is 5.32 Å². The van der Waals surface area contributed by atoms with Crippen molar-refractivity contribution in [3.63, 3.8) is 0 Å². The summed E-state index contributed by atoms with van der Waals surface area (Å²) in [5, 5.41) is 3.00. The Labute approximate surface area is 95.7 Å². The first-order chi connectivity index (χ1) is 7.77. The largest absolute Gasteiger partial charge is 0.349 e. The Kier molecular flexibility index (Phi) is 3.20. The Hall–Kier alpha value is -1.83. The summed E-state index contributed by atoms with van der Waals surface area (Å²) in [7, 11) is 0. The maximum Gasteiger partial charge on any atom is 0.231 e. The van der Waals surface area contributed by atoms with Crippen LogP contribution >= 0.6 is 0 Å². The Bertz CT molecular complexity index is 408. The Morgan fingerprint density at radius 1 is 1.19 bits per heavy atom. The van der Waals surface area contributed by atoms with Gasteiger partial charge in [0.25, 0.3) is 0 Å². The zero-order chi connectivity index (χ0) is 11.4.